The summed E-state index contributed by atoms with van der Waals surface area (Å²) in [7, 11) is 0. The van der Waals surface area contributed by atoms with Crippen molar-refractivity contribution >= 4 is 5.91 Å². The summed E-state index contributed by atoms with van der Waals surface area (Å²) < 4.78 is 17.5. The van der Waals surface area contributed by atoms with E-state index in [1.807, 2.05) is 57.2 Å². The summed E-state index contributed by atoms with van der Waals surface area (Å²) in [6.45, 7) is 7.11. The van der Waals surface area contributed by atoms with Crippen molar-refractivity contribution in [3.63, 3.8) is 0 Å². The molecule has 1 fully saturated rings. The highest BCUT2D eigenvalue weighted by atomic mass is 16.5. The number of para-hydroxylation sites is 1. The molecule has 6 heteroatoms. The van der Waals surface area contributed by atoms with Gasteiger partial charge in [0.15, 0.2) is 18.1 Å². The number of hydrogen-bond donors (Lipinski definition) is 0. The minimum Gasteiger partial charge on any atom is -0.483 e. The highest BCUT2D eigenvalue weighted by Gasteiger charge is 2.34. The second kappa shape index (κ2) is 6.76. The fourth-order valence-corrected chi connectivity index (χ4v) is 3.40. The van der Waals surface area contributed by atoms with Crippen molar-refractivity contribution in [2.75, 3.05) is 19.7 Å². The van der Waals surface area contributed by atoms with Gasteiger partial charge in [-0.3, -0.25) is 4.79 Å². The fraction of sp³-hybridized carbons (Fsp3) is 0.429. The molecule has 1 aromatic heterocycles. The number of carbonyl (C=O) groups excluding carboxylic acids is 1. The summed E-state index contributed by atoms with van der Waals surface area (Å²) in [5.41, 5.74) is 1.79. The van der Waals surface area contributed by atoms with Crippen LogP contribution in [0.15, 0.2) is 36.4 Å². The van der Waals surface area contributed by atoms with Crippen LogP contribution in [0, 0.1) is 6.92 Å². The Bertz CT molecular complexity index is 859. The number of rotatable bonds is 5. The van der Waals surface area contributed by atoms with Gasteiger partial charge >= 0.3 is 0 Å². The molecule has 0 bridgehead atoms. The normalized spacial score (nSPS) is 17.7. The number of benzene rings is 1. The first-order valence-electron chi connectivity index (χ1n) is 9.21. The first-order chi connectivity index (χ1) is 12.9. The van der Waals surface area contributed by atoms with Gasteiger partial charge in [-0.25, -0.2) is 4.98 Å². The summed E-state index contributed by atoms with van der Waals surface area (Å²) in [4.78, 5) is 18.4. The number of ether oxygens (including phenoxy) is 3. The number of aryl methyl sites for hydroxylation is 1. The highest BCUT2D eigenvalue weighted by molar-refractivity contribution is 5.78. The zero-order chi connectivity index (χ0) is 19.0. The number of aromatic nitrogens is 1. The van der Waals surface area contributed by atoms with Crippen molar-refractivity contribution in [3.8, 4) is 17.4 Å². The van der Waals surface area contributed by atoms with E-state index < -0.39 is 0 Å². The molecule has 1 amide bonds. The maximum Gasteiger partial charge on any atom is 0.260 e. The van der Waals surface area contributed by atoms with Gasteiger partial charge in [0, 0.05) is 23.7 Å². The van der Waals surface area contributed by atoms with E-state index in [2.05, 4.69) is 4.98 Å². The first kappa shape index (κ1) is 17.6. The average Bonchev–Trinajstić information content (AvgIpc) is 2.90. The maximum atomic E-state index is 12.4. The van der Waals surface area contributed by atoms with Gasteiger partial charge in [-0.05, 0) is 32.9 Å². The van der Waals surface area contributed by atoms with Crippen molar-refractivity contribution in [1.82, 2.24) is 9.88 Å². The Kier molecular flexibility index (Phi) is 4.42. The van der Waals surface area contributed by atoms with Crippen molar-refractivity contribution in [2.45, 2.75) is 38.9 Å². The second-order valence-corrected chi connectivity index (χ2v) is 7.73. The lowest BCUT2D eigenvalue weighted by Crippen LogP contribution is -2.57. The number of hydrogen-bond acceptors (Lipinski definition) is 5. The van der Waals surface area contributed by atoms with E-state index >= 15 is 0 Å². The number of likely N-dealkylation sites (tertiary alicyclic amines) is 1. The molecule has 0 aliphatic carbocycles. The molecule has 0 radical (unpaired) electrons. The molecule has 0 unspecified atom stereocenters. The maximum absolute atomic E-state index is 12.4. The van der Waals surface area contributed by atoms with E-state index in [1.165, 1.54) is 0 Å². The molecule has 1 aromatic carbocycles. The monoisotopic (exact) mass is 368 g/mol. The van der Waals surface area contributed by atoms with Crippen LogP contribution in [0.1, 0.15) is 25.1 Å². The predicted octanol–water partition coefficient (Wildman–Crippen LogP) is 2.77. The topological polar surface area (TPSA) is 60.9 Å². The number of fused-ring (bicyclic) bond motifs is 1. The molecule has 142 valence electrons. The van der Waals surface area contributed by atoms with E-state index in [9.17, 15) is 4.79 Å². The molecule has 6 nitrogen and oxygen atoms in total. The van der Waals surface area contributed by atoms with Crippen LogP contribution >= 0.6 is 0 Å². The summed E-state index contributed by atoms with van der Waals surface area (Å²) in [6.07, 6.45) is 0.819. The largest absolute Gasteiger partial charge is 0.483 e. The van der Waals surface area contributed by atoms with E-state index in [0.717, 1.165) is 23.4 Å². The van der Waals surface area contributed by atoms with Crippen LogP contribution < -0.4 is 14.2 Å². The minimum atomic E-state index is -0.238. The van der Waals surface area contributed by atoms with E-state index in [0.29, 0.717) is 24.7 Å². The van der Waals surface area contributed by atoms with Gasteiger partial charge in [0.1, 0.15) is 11.7 Å². The highest BCUT2D eigenvalue weighted by Crippen LogP contribution is 2.41. The molecule has 27 heavy (non-hydrogen) atoms. The number of pyridine rings is 1. The fourth-order valence-electron chi connectivity index (χ4n) is 3.40. The van der Waals surface area contributed by atoms with Crippen LogP contribution in [-0.4, -0.2) is 47.2 Å². The van der Waals surface area contributed by atoms with E-state index in [-0.39, 0.29) is 24.2 Å². The third-order valence-corrected chi connectivity index (χ3v) is 4.76. The molecule has 3 heterocycles. The van der Waals surface area contributed by atoms with Crippen molar-refractivity contribution in [2.24, 2.45) is 0 Å². The van der Waals surface area contributed by atoms with Crippen molar-refractivity contribution in [3.05, 3.63) is 47.7 Å². The van der Waals surface area contributed by atoms with Crippen LogP contribution in [0.3, 0.4) is 0 Å². The molecule has 0 spiro atoms. The Morgan fingerprint density at radius 3 is 2.81 bits per heavy atom. The van der Waals surface area contributed by atoms with Crippen LogP contribution in [0.25, 0.3) is 0 Å². The van der Waals surface area contributed by atoms with Gasteiger partial charge in [0.25, 0.3) is 5.91 Å². The molecular formula is C21H24N2O4. The van der Waals surface area contributed by atoms with Gasteiger partial charge < -0.3 is 19.1 Å². The third kappa shape index (κ3) is 3.84. The van der Waals surface area contributed by atoms with Crippen LogP contribution in [-0.2, 0) is 11.2 Å². The second-order valence-electron chi connectivity index (χ2n) is 7.73. The van der Waals surface area contributed by atoms with Gasteiger partial charge in [-0.2, -0.15) is 0 Å². The number of nitrogens with zero attached hydrogens (tertiary/aromatic N) is 2. The predicted molar refractivity (Wildman–Crippen MR) is 100 cm³/mol. The van der Waals surface area contributed by atoms with Crippen LogP contribution in [0.2, 0.25) is 0 Å². The molecule has 1 saturated heterocycles. The van der Waals surface area contributed by atoms with Crippen LogP contribution in [0.5, 0.6) is 17.4 Å². The smallest absolute Gasteiger partial charge is 0.260 e. The minimum absolute atomic E-state index is 0.00431. The standard InChI is InChI=1S/C21H24N2O4/c1-14-6-4-9-18(22-14)26-16-11-23(12-16)19(24)13-25-17-8-5-7-15-10-21(2,3)27-20(15)17/h4-9,16H,10-13H2,1-3H3. The number of amides is 1. The molecule has 2 aliphatic heterocycles. The molecule has 0 atom stereocenters. The molecule has 2 aliphatic rings. The Balaban J connectivity index is 1.28. The third-order valence-electron chi connectivity index (χ3n) is 4.76. The summed E-state index contributed by atoms with van der Waals surface area (Å²) in [6, 6.07) is 11.5. The van der Waals surface area contributed by atoms with Crippen LogP contribution in [0.4, 0.5) is 0 Å². The summed E-state index contributed by atoms with van der Waals surface area (Å²) >= 11 is 0. The van der Waals surface area contributed by atoms with Crippen molar-refractivity contribution in [1.29, 1.82) is 0 Å². The summed E-state index contributed by atoms with van der Waals surface area (Å²) in [5.74, 6) is 1.93. The van der Waals surface area contributed by atoms with E-state index in [4.69, 9.17) is 14.2 Å². The SMILES string of the molecule is Cc1cccc(OC2CN(C(=O)COc3cccc4c3OC(C)(C)C4)C2)n1. The lowest BCUT2D eigenvalue weighted by Gasteiger charge is -2.38. The van der Waals surface area contributed by atoms with Gasteiger partial charge in [0.05, 0.1) is 13.1 Å². The first-order valence-corrected chi connectivity index (χ1v) is 9.21. The molecule has 2 aromatic rings. The molecular weight excluding hydrogens is 344 g/mol. The Hall–Kier alpha value is -2.76. The Labute approximate surface area is 159 Å². The van der Waals surface area contributed by atoms with Crippen molar-refractivity contribution < 1.29 is 19.0 Å². The molecule has 0 saturated carbocycles. The van der Waals surface area contributed by atoms with Gasteiger partial charge in [0.2, 0.25) is 5.88 Å². The molecule has 0 N–H and O–H groups in total. The summed E-state index contributed by atoms with van der Waals surface area (Å²) in [5, 5.41) is 0. The zero-order valence-electron chi connectivity index (χ0n) is 15.9. The van der Waals surface area contributed by atoms with Gasteiger partial charge in [-0.15, -0.1) is 0 Å². The van der Waals surface area contributed by atoms with E-state index in [1.54, 1.807) is 4.90 Å². The number of carbonyl (C=O) groups is 1. The quantitative estimate of drug-likeness (QED) is 0.812. The Morgan fingerprint density at radius 1 is 1.26 bits per heavy atom. The molecule has 4 rings (SSSR count). The lowest BCUT2D eigenvalue weighted by atomic mass is 10.0. The Morgan fingerprint density at radius 2 is 2.04 bits per heavy atom. The zero-order valence-corrected chi connectivity index (χ0v) is 15.9. The van der Waals surface area contributed by atoms with Gasteiger partial charge in [-0.1, -0.05) is 18.2 Å². The average molecular weight is 368 g/mol. The lowest BCUT2D eigenvalue weighted by molar-refractivity contribution is -0.142.